The Balaban J connectivity index is 1.87. The van der Waals surface area contributed by atoms with Gasteiger partial charge in [-0.3, -0.25) is 0 Å². The Bertz CT molecular complexity index is 375. The second-order valence-electron chi connectivity index (χ2n) is 5.19. The number of aryl methyl sites for hydroxylation is 1. The maximum absolute atomic E-state index is 5.07. The van der Waals surface area contributed by atoms with E-state index in [1.165, 1.54) is 24.3 Å². The molecule has 0 amide bonds. The molecule has 1 fully saturated rings. The zero-order valence-electron chi connectivity index (χ0n) is 12.0. The third-order valence-corrected chi connectivity index (χ3v) is 4.55. The maximum atomic E-state index is 5.07. The molecule has 1 aliphatic heterocycles. The highest BCUT2D eigenvalue weighted by Gasteiger charge is 2.16. The molecule has 2 heterocycles. The van der Waals surface area contributed by atoms with Crippen molar-refractivity contribution in [3.05, 3.63) is 11.9 Å². The minimum Gasteiger partial charge on any atom is -0.385 e. The van der Waals surface area contributed by atoms with Crippen LogP contribution in [0.25, 0.3) is 0 Å². The monoisotopic (exact) mass is 283 g/mol. The van der Waals surface area contributed by atoms with Crippen LogP contribution in [0, 0.1) is 12.8 Å². The van der Waals surface area contributed by atoms with Crippen molar-refractivity contribution in [2.24, 2.45) is 5.92 Å². The summed E-state index contributed by atoms with van der Waals surface area (Å²) < 4.78 is 7.36. The highest BCUT2D eigenvalue weighted by molar-refractivity contribution is 7.99. The molecule has 2 rings (SSSR count). The summed E-state index contributed by atoms with van der Waals surface area (Å²) in [5.74, 6) is 4.46. The molecule has 1 saturated heterocycles. The molecule has 1 N–H and O–H groups in total. The van der Waals surface area contributed by atoms with E-state index in [0.717, 1.165) is 43.7 Å². The first kappa shape index (κ1) is 14.7. The number of hydrogen-bond donors (Lipinski definition) is 1. The number of ether oxygens (including phenoxy) is 1. The number of rotatable bonds is 7. The molecular weight excluding hydrogens is 258 g/mol. The van der Waals surface area contributed by atoms with Gasteiger partial charge in [0.05, 0.1) is 5.69 Å². The lowest BCUT2D eigenvalue weighted by Crippen LogP contribution is -2.18. The minimum absolute atomic E-state index is 0.798. The summed E-state index contributed by atoms with van der Waals surface area (Å²) in [4.78, 5) is 4.58. The quantitative estimate of drug-likeness (QED) is 0.781. The predicted octanol–water partition coefficient (Wildman–Crippen LogP) is 2.78. The highest BCUT2D eigenvalue weighted by atomic mass is 32.2. The van der Waals surface area contributed by atoms with Crippen molar-refractivity contribution in [1.29, 1.82) is 0 Å². The molecule has 1 aromatic rings. The van der Waals surface area contributed by atoms with E-state index in [4.69, 9.17) is 4.74 Å². The Hall–Kier alpha value is -0.680. The highest BCUT2D eigenvalue weighted by Crippen LogP contribution is 2.25. The Labute approximate surface area is 120 Å². The molecule has 0 radical (unpaired) electrons. The van der Waals surface area contributed by atoms with Crippen LogP contribution >= 0.6 is 11.8 Å². The van der Waals surface area contributed by atoms with Crippen molar-refractivity contribution < 1.29 is 4.74 Å². The summed E-state index contributed by atoms with van der Waals surface area (Å²) >= 11 is 2.08. The first-order valence-electron chi connectivity index (χ1n) is 7.14. The lowest BCUT2D eigenvalue weighted by molar-refractivity contribution is 0.197. The number of nitrogens with zero attached hydrogens (tertiary/aromatic N) is 2. The van der Waals surface area contributed by atoms with Gasteiger partial charge >= 0.3 is 0 Å². The summed E-state index contributed by atoms with van der Waals surface area (Å²) in [6.07, 6.45) is 5.86. The van der Waals surface area contributed by atoms with E-state index >= 15 is 0 Å². The Morgan fingerprint density at radius 2 is 2.26 bits per heavy atom. The first-order valence-corrected chi connectivity index (χ1v) is 8.29. The van der Waals surface area contributed by atoms with Gasteiger partial charge in [0.2, 0.25) is 5.95 Å². The van der Waals surface area contributed by atoms with E-state index in [1.807, 2.05) is 0 Å². The normalized spacial score (nSPS) is 16.7. The standard InChI is InChI=1S/C14H25N3OS/c1-12-10-17(11-13-4-8-19-9-5-13)14(16-12)15-6-3-7-18-2/h10,13H,3-9,11H2,1-2H3,(H,15,16). The van der Waals surface area contributed by atoms with Gasteiger partial charge in [0, 0.05) is 33.0 Å². The average Bonchev–Trinajstić information content (AvgIpc) is 2.76. The number of anilines is 1. The van der Waals surface area contributed by atoms with Gasteiger partial charge in [-0.25, -0.2) is 4.98 Å². The first-order chi connectivity index (χ1) is 9.29. The number of thioether (sulfide) groups is 1. The number of hydrogen-bond acceptors (Lipinski definition) is 4. The van der Waals surface area contributed by atoms with Crippen LogP contribution in [0.3, 0.4) is 0 Å². The van der Waals surface area contributed by atoms with Gasteiger partial charge in [-0.2, -0.15) is 11.8 Å². The number of methoxy groups -OCH3 is 1. The van der Waals surface area contributed by atoms with Gasteiger partial charge in [-0.05, 0) is 43.6 Å². The Morgan fingerprint density at radius 3 is 3.00 bits per heavy atom. The maximum Gasteiger partial charge on any atom is 0.203 e. The molecule has 0 unspecified atom stereocenters. The molecule has 0 saturated carbocycles. The zero-order valence-corrected chi connectivity index (χ0v) is 12.8. The SMILES string of the molecule is COCCCNc1nc(C)cn1CC1CCSCC1. The van der Waals surface area contributed by atoms with Gasteiger partial charge in [-0.15, -0.1) is 0 Å². The summed E-state index contributed by atoms with van der Waals surface area (Å²) in [5.41, 5.74) is 1.10. The van der Waals surface area contributed by atoms with Crippen LogP contribution < -0.4 is 5.32 Å². The molecule has 0 spiro atoms. The van der Waals surface area contributed by atoms with Crippen molar-refractivity contribution in [1.82, 2.24) is 9.55 Å². The van der Waals surface area contributed by atoms with Crippen LogP contribution in [-0.2, 0) is 11.3 Å². The molecule has 1 aromatic heterocycles. The van der Waals surface area contributed by atoms with Gasteiger partial charge in [0.15, 0.2) is 0 Å². The lowest BCUT2D eigenvalue weighted by atomic mass is 10.0. The Kier molecular flexibility index (Phi) is 6.04. The fourth-order valence-electron chi connectivity index (χ4n) is 2.45. The number of nitrogens with one attached hydrogen (secondary N) is 1. The third kappa shape index (κ3) is 4.73. The summed E-state index contributed by atoms with van der Waals surface area (Å²) in [5, 5.41) is 3.43. The molecule has 4 nitrogen and oxygen atoms in total. The molecule has 0 bridgehead atoms. The van der Waals surface area contributed by atoms with Crippen molar-refractivity contribution in [2.75, 3.05) is 37.1 Å². The van der Waals surface area contributed by atoms with E-state index in [9.17, 15) is 0 Å². The van der Waals surface area contributed by atoms with E-state index in [-0.39, 0.29) is 0 Å². The molecule has 0 atom stereocenters. The fourth-order valence-corrected chi connectivity index (χ4v) is 3.66. The van der Waals surface area contributed by atoms with Crippen molar-refractivity contribution >= 4 is 17.7 Å². The number of imidazole rings is 1. The zero-order chi connectivity index (χ0) is 13.5. The number of aromatic nitrogens is 2. The largest absolute Gasteiger partial charge is 0.385 e. The van der Waals surface area contributed by atoms with Crippen LogP contribution in [0.2, 0.25) is 0 Å². The van der Waals surface area contributed by atoms with Crippen LogP contribution in [-0.4, -0.2) is 41.3 Å². The van der Waals surface area contributed by atoms with Crippen LogP contribution in [0.4, 0.5) is 5.95 Å². The summed E-state index contributed by atoms with van der Waals surface area (Å²) in [7, 11) is 1.74. The van der Waals surface area contributed by atoms with Crippen molar-refractivity contribution in [2.45, 2.75) is 32.7 Å². The fraction of sp³-hybridized carbons (Fsp3) is 0.786. The van der Waals surface area contributed by atoms with E-state index < -0.39 is 0 Å². The summed E-state index contributed by atoms with van der Waals surface area (Å²) in [6, 6.07) is 0. The third-order valence-electron chi connectivity index (χ3n) is 3.50. The van der Waals surface area contributed by atoms with Gasteiger partial charge in [-0.1, -0.05) is 0 Å². The smallest absolute Gasteiger partial charge is 0.203 e. The molecular formula is C14H25N3OS. The molecule has 5 heteroatoms. The van der Waals surface area contributed by atoms with Gasteiger partial charge < -0.3 is 14.6 Å². The molecule has 1 aliphatic rings. The second kappa shape index (κ2) is 7.80. The minimum atomic E-state index is 0.798. The predicted molar refractivity (Wildman–Crippen MR) is 82.0 cm³/mol. The van der Waals surface area contributed by atoms with Crippen molar-refractivity contribution in [3.63, 3.8) is 0 Å². The molecule has 0 aliphatic carbocycles. The second-order valence-corrected chi connectivity index (χ2v) is 6.41. The topological polar surface area (TPSA) is 39.1 Å². The van der Waals surface area contributed by atoms with Gasteiger partial charge in [0.1, 0.15) is 0 Å². The van der Waals surface area contributed by atoms with E-state index in [2.05, 4.69) is 39.8 Å². The lowest BCUT2D eigenvalue weighted by Gasteiger charge is -2.22. The Morgan fingerprint density at radius 1 is 1.47 bits per heavy atom. The molecule has 0 aromatic carbocycles. The molecule has 19 heavy (non-hydrogen) atoms. The average molecular weight is 283 g/mol. The van der Waals surface area contributed by atoms with Crippen molar-refractivity contribution in [3.8, 4) is 0 Å². The van der Waals surface area contributed by atoms with E-state index in [0.29, 0.717) is 0 Å². The van der Waals surface area contributed by atoms with Crippen LogP contribution in [0.15, 0.2) is 6.20 Å². The van der Waals surface area contributed by atoms with Gasteiger partial charge in [0.25, 0.3) is 0 Å². The van der Waals surface area contributed by atoms with Crippen LogP contribution in [0.1, 0.15) is 25.0 Å². The van der Waals surface area contributed by atoms with E-state index in [1.54, 1.807) is 7.11 Å². The van der Waals surface area contributed by atoms with Crippen LogP contribution in [0.5, 0.6) is 0 Å². The molecule has 108 valence electrons. The summed E-state index contributed by atoms with van der Waals surface area (Å²) in [6.45, 7) is 4.89.